The molecule has 2 aliphatic heterocycles. The number of carbonyl (C=O) groups excluding carboxylic acids is 1. The fraction of sp³-hybridized carbons (Fsp3) is 0.409. The molecule has 0 atom stereocenters. The molecule has 2 fully saturated rings. The lowest BCUT2D eigenvalue weighted by atomic mass is 10.0. The summed E-state index contributed by atoms with van der Waals surface area (Å²) in [5, 5.41) is 0. The van der Waals surface area contributed by atoms with Gasteiger partial charge in [-0.25, -0.2) is 0 Å². The molecule has 1 aromatic carbocycles. The Bertz CT molecular complexity index is 838. The van der Waals surface area contributed by atoms with Gasteiger partial charge in [0.05, 0.1) is 13.2 Å². The lowest BCUT2D eigenvalue weighted by molar-refractivity contribution is -0.186. The van der Waals surface area contributed by atoms with Gasteiger partial charge in [-0.05, 0) is 43.7 Å². The Hall–Kier alpha value is -2.37. The van der Waals surface area contributed by atoms with Crippen LogP contribution in [0.2, 0.25) is 0 Å². The van der Waals surface area contributed by atoms with Crippen molar-refractivity contribution in [3.8, 4) is 5.69 Å². The van der Waals surface area contributed by atoms with E-state index in [0.717, 1.165) is 35.5 Å². The van der Waals surface area contributed by atoms with E-state index in [1.807, 2.05) is 29.2 Å². The van der Waals surface area contributed by atoms with Crippen LogP contribution in [0.1, 0.15) is 29.8 Å². The molecule has 0 unspecified atom stereocenters. The van der Waals surface area contributed by atoms with Crippen LogP contribution >= 0.6 is 0 Å². The highest BCUT2D eigenvalue weighted by Crippen LogP contribution is 2.31. The number of amides is 1. The van der Waals surface area contributed by atoms with Crippen LogP contribution in [0.5, 0.6) is 0 Å². The largest absolute Gasteiger partial charge is 0.347 e. The van der Waals surface area contributed by atoms with Crippen molar-refractivity contribution in [2.24, 2.45) is 0 Å². The number of rotatable bonds is 3. The second kappa shape index (κ2) is 7.33. The molecule has 1 amide bonds. The number of carbonyl (C=O) groups is 1. The lowest BCUT2D eigenvalue weighted by Gasteiger charge is -2.37. The molecule has 4 rings (SSSR count). The summed E-state index contributed by atoms with van der Waals surface area (Å²) in [5.74, 6) is -0.395. The highest BCUT2D eigenvalue weighted by atomic mass is 16.7. The molecule has 1 aromatic heterocycles. The highest BCUT2D eigenvalue weighted by molar-refractivity contribution is 5.92. The average Bonchev–Trinajstić information content (AvgIpc) is 3.25. The van der Waals surface area contributed by atoms with Crippen LogP contribution in [-0.2, 0) is 14.3 Å². The molecule has 0 N–H and O–H groups in total. The molecule has 142 valence electrons. The third-order valence-electron chi connectivity index (χ3n) is 5.54. The molecule has 1 spiro atoms. The zero-order valence-corrected chi connectivity index (χ0v) is 16.0. The van der Waals surface area contributed by atoms with E-state index < -0.39 is 5.79 Å². The molecule has 3 heterocycles. The Morgan fingerprint density at radius 2 is 1.74 bits per heavy atom. The average molecular weight is 366 g/mol. The summed E-state index contributed by atoms with van der Waals surface area (Å²) < 4.78 is 13.7. The van der Waals surface area contributed by atoms with Gasteiger partial charge in [-0.2, -0.15) is 0 Å². The molecule has 27 heavy (non-hydrogen) atoms. The molecule has 0 aliphatic carbocycles. The molecule has 5 heteroatoms. The van der Waals surface area contributed by atoms with E-state index in [2.05, 4.69) is 36.6 Å². The van der Waals surface area contributed by atoms with Crippen molar-refractivity contribution in [3.05, 3.63) is 59.4 Å². The third-order valence-corrected chi connectivity index (χ3v) is 5.54. The van der Waals surface area contributed by atoms with Gasteiger partial charge in [-0.3, -0.25) is 4.79 Å². The standard InChI is InChI=1S/C22H26N2O3/c1-17-16-19(18(2)24(17)20-6-4-3-5-7-20)8-9-21(25)23-12-10-22(11-13-23)26-14-15-27-22/h3-9,16H,10-15H2,1-2H3/b9-8+. The summed E-state index contributed by atoms with van der Waals surface area (Å²) in [5.41, 5.74) is 4.49. The van der Waals surface area contributed by atoms with Gasteiger partial charge in [0.2, 0.25) is 5.91 Å². The van der Waals surface area contributed by atoms with E-state index in [4.69, 9.17) is 9.47 Å². The Morgan fingerprint density at radius 1 is 1.07 bits per heavy atom. The molecule has 0 radical (unpaired) electrons. The number of ether oxygens (including phenoxy) is 2. The van der Waals surface area contributed by atoms with Crippen LogP contribution in [0.3, 0.4) is 0 Å². The zero-order chi connectivity index (χ0) is 18.9. The van der Waals surface area contributed by atoms with E-state index in [1.54, 1.807) is 6.08 Å². The van der Waals surface area contributed by atoms with Crippen LogP contribution in [0.4, 0.5) is 0 Å². The zero-order valence-electron chi connectivity index (χ0n) is 16.0. The smallest absolute Gasteiger partial charge is 0.246 e. The van der Waals surface area contributed by atoms with Crippen LogP contribution in [0.15, 0.2) is 42.5 Å². The summed E-state index contributed by atoms with van der Waals surface area (Å²) in [4.78, 5) is 14.5. The molecule has 5 nitrogen and oxygen atoms in total. The molecular weight excluding hydrogens is 340 g/mol. The van der Waals surface area contributed by atoms with Crippen molar-refractivity contribution >= 4 is 12.0 Å². The number of likely N-dealkylation sites (tertiary alicyclic amines) is 1. The summed E-state index contributed by atoms with van der Waals surface area (Å²) in [6, 6.07) is 12.4. The topological polar surface area (TPSA) is 43.7 Å². The monoisotopic (exact) mass is 366 g/mol. The predicted octanol–water partition coefficient (Wildman–Crippen LogP) is 3.47. The van der Waals surface area contributed by atoms with Crippen molar-refractivity contribution in [2.75, 3.05) is 26.3 Å². The lowest BCUT2D eigenvalue weighted by Crippen LogP contribution is -2.46. The third kappa shape index (κ3) is 3.57. The number of aryl methyl sites for hydroxylation is 1. The van der Waals surface area contributed by atoms with Crippen LogP contribution in [0, 0.1) is 13.8 Å². The minimum Gasteiger partial charge on any atom is -0.347 e. The van der Waals surface area contributed by atoms with Gasteiger partial charge in [0.15, 0.2) is 5.79 Å². The molecule has 2 saturated heterocycles. The Morgan fingerprint density at radius 3 is 2.41 bits per heavy atom. The van der Waals surface area contributed by atoms with E-state index in [9.17, 15) is 4.79 Å². The maximum Gasteiger partial charge on any atom is 0.246 e. The van der Waals surface area contributed by atoms with E-state index in [-0.39, 0.29) is 5.91 Å². The highest BCUT2D eigenvalue weighted by Gasteiger charge is 2.40. The van der Waals surface area contributed by atoms with Gasteiger partial charge in [0.1, 0.15) is 0 Å². The molecular formula is C22H26N2O3. The Kier molecular flexibility index (Phi) is 4.89. The summed E-state index contributed by atoms with van der Waals surface area (Å²) in [6.45, 7) is 6.84. The number of piperidine rings is 1. The number of hydrogen-bond donors (Lipinski definition) is 0. The normalized spacial score (nSPS) is 19.3. The summed E-state index contributed by atoms with van der Waals surface area (Å²) in [6.07, 6.45) is 5.10. The number of aromatic nitrogens is 1. The van der Waals surface area contributed by atoms with Gasteiger partial charge in [0, 0.05) is 49.1 Å². The first-order valence-electron chi connectivity index (χ1n) is 9.57. The molecule has 2 aromatic rings. The van der Waals surface area contributed by atoms with E-state index >= 15 is 0 Å². The van der Waals surface area contributed by atoms with Crippen molar-refractivity contribution in [1.29, 1.82) is 0 Å². The van der Waals surface area contributed by atoms with Gasteiger partial charge in [-0.1, -0.05) is 18.2 Å². The van der Waals surface area contributed by atoms with Gasteiger partial charge < -0.3 is 18.9 Å². The second-order valence-corrected chi connectivity index (χ2v) is 7.26. The first-order chi connectivity index (χ1) is 13.1. The Labute approximate surface area is 160 Å². The first kappa shape index (κ1) is 18.0. The van der Waals surface area contributed by atoms with Gasteiger partial charge >= 0.3 is 0 Å². The van der Waals surface area contributed by atoms with E-state index in [1.165, 1.54) is 0 Å². The van der Waals surface area contributed by atoms with Crippen LogP contribution in [-0.4, -0.2) is 47.5 Å². The summed E-state index contributed by atoms with van der Waals surface area (Å²) >= 11 is 0. The summed E-state index contributed by atoms with van der Waals surface area (Å²) in [7, 11) is 0. The fourth-order valence-electron chi connectivity index (χ4n) is 4.05. The first-order valence-corrected chi connectivity index (χ1v) is 9.57. The van der Waals surface area contributed by atoms with Gasteiger partial charge in [0.25, 0.3) is 0 Å². The number of nitrogens with zero attached hydrogens (tertiary/aromatic N) is 2. The molecule has 0 saturated carbocycles. The number of para-hydroxylation sites is 1. The SMILES string of the molecule is Cc1cc(/C=C/C(=O)N2CCC3(CC2)OCCO3)c(C)n1-c1ccccc1. The van der Waals surface area contributed by atoms with Crippen molar-refractivity contribution in [3.63, 3.8) is 0 Å². The number of benzene rings is 1. The maximum atomic E-state index is 12.6. The quantitative estimate of drug-likeness (QED) is 0.781. The van der Waals surface area contributed by atoms with Crippen molar-refractivity contribution in [1.82, 2.24) is 9.47 Å². The maximum absolute atomic E-state index is 12.6. The molecule has 2 aliphatic rings. The van der Waals surface area contributed by atoms with E-state index in [0.29, 0.717) is 26.3 Å². The van der Waals surface area contributed by atoms with Gasteiger partial charge in [-0.15, -0.1) is 0 Å². The van der Waals surface area contributed by atoms with Crippen molar-refractivity contribution < 1.29 is 14.3 Å². The molecule has 0 bridgehead atoms. The Balaban J connectivity index is 1.45. The fourth-order valence-corrected chi connectivity index (χ4v) is 4.05. The number of hydrogen-bond acceptors (Lipinski definition) is 3. The minimum absolute atomic E-state index is 0.0485. The minimum atomic E-state index is -0.443. The second-order valence-electron chi connectivity index (χ2n) is 7.26. The van der Waals surface area contributed by atoms with Crippen molar-refractivity contribution in [2.45, 2.75) is 32.5 Å². The van der Waals surface area contributed by atoms with Crippen LogP contribution in [0.25, 0.3) is 11.8 Å². The predicted molar refractivity (Wildman–Crippen MR) is 105 cm³/mol. The van der Waals surface area contributed by atoms with Crippen LogP contribution < -0.4 is 0 Å².